The second kappa shape index (κ2) is 8.47. The Balaban J connectivity index is 1.84. The Hall–Kier alpha value is -3.48. The Morgan fingerprint density at radius 3 is 2.18 bits per heavy atom. The van der Waals surface area contributed by atoms with Crippen LogP contribution in [-0.2, 0) is 16.0 Å². The van der Waals surface area contributed by atoms with Crippen LogP contribution >= 0.6 is 0 Å². The third kappa shape index (κ3) is 4.25. The quantitative estimate of drug-likeness (QED) is 0.540. The Labute approximate surface area is 163 Å². The molecule has 0 aromatic heterocycles. The lowest BCUT2D eigenvalue weighted by molar-refractivity contribution is -0.130. The zero-order valence-corrected chi connectivity index (χ0v) is 16.1. The number of nitrogens with zero attached hydrogens (tertiary/aromatic N) is 1. The molecular formula is C21H21NO6. The minimum Gasteiger partial charge on any atom is -0.497 e. The van der Waals surface area contributed by atoms with Crippen LogP contribution in [0.15, 0.2) is 47.1 Å². The zero-order chi connectivity index (χ0) is 20.1. The van der Waals surface area contributed by atoms with Gasteiger partial charge in [-0.3, -0.25) is 0 Å². The molecule has 1 aliphatic heterocycles. The summed E-state index contributed by atoms with van der Waals surface area (Å²) in [4.78, 5) is 16.5. The number of ether oxygens (including phenoxy) is 5. The van der Waals surface area contributed by atoms with Crippen LogP contribution in [0, 0.1) is 0 Å². The molecule has 0 spiro atoms. The lowest BCUT2D eigenvalue weighted by Crippen LogP contribution is -2.07. The predicted octanol–water partition coefficient (Wildman–Crippen LogP) is 3.26. The van der Waals surface area contributed by atoms with E-state index in [9.17, 15) is 4.79 Å². The predicted molar refractivity (Wildman–Crippen MR) is 104 cm³/mol. The minimum absolute atomic E-state index is 0.214. The van der Waals surface area contributed by atoms with Gasteiger partial charge in [-0.05, 0) is 41.5 Å². The average Bonchev–Trinajstić information content (AvgIpc) is 3.05. The van der Waals surface area contributed by atoms with E-state index in [4.69, 9.17) is 23.7 Å². The van der Waals surface area contributed by atoms with Crippen molar-refractivity contribution >= 4 is 17.9 Å². The highest BCUT2D eigenvalue weighted by atomic mass is 16.6. The number of carbonyl (C=O) groups is 1. The second-order valence-electron chi connectivity index (χ2n) is 5.94. The van der Waals surface area contributed by atoms with Crippen molar-refractivity contribution in [3.8, 4) is 23.0 Å². The summed E-state index contributed by atoms with van der Waals surface area (Å²) in [6.07, 6.45) is 1.99. The Morgan fingerprint density at radius 2 is 1.57 bits per heavy atom. The number of aliphatic imine (C=N–C) groups is 1. The first-order chi connectivity index (χ1) is 13.6. The van der Waals surface area contributed by atoms with E-state index in [1.807, 2.05) is 12.1 Å². The molecular weight excluding hydrogens is 362 g/mol. The van der Waals surface area contributed by atoms with E-state index in [0.29, 0.717) is 35.3 Å². The Bertz CT molecular complexity index is 926. The largest absolute Gasteiger partial charge is 0.497 e. The number of rotatable bonds is 7. The number of hydrogen-bond donors (Lipinski definition) is 0. The van der Waals surface area contributed by atoms with Gasteiger partial charge in [-0.15, -0.1) is 0 Å². The highest BCUT2D eigenvalue weighted by molar-refractivity contribution is 6.07. The molecule has 146 valence electrons. The lowest BCUT2D eigenvalue weighted by atomic mass is 10.1. The summed E-state index contributed by atoms with van der Waals surface area (Å²) in [7, 11) is 6.27. The maximum atomic E-state index is 12.2. The summed E-state index contributed by atoms with van der Waals surface area (Å²) < 4.78 is 26.3. The molecule has 0 fully saturated rings. The molecule has 0 bridgehead atoms. The van der Waals surface area contributed by atoms with E-state index in [0.717, 1.165) is 11.1 Å². The molecule has 0 unspecified atom stereocenters. The van der Waals surface area contributed by atoms with E-state index in [1.165, 1.54) is 0 Å². The van der Waals surface area contributed by atoms with E-state index < -0.39 is 5.97 Å². The van der Waals surface area contributed by atoms with Crippen LogP contribution in [-0.4, -0.2) is 40.3 Å². The summed E-state index contributed by atoms with van der Waals surface area (Å²) >= 11 is 0. The van der Waals surface area contributed by atoms with Gasteiger partial charge < -0.3 is 23.7 Å². The van der Waals surface area contributed by atoms with Crippen LogP contribution in [0.2, 0.25) is 0 Å². The molecule has 3 rings (SSSR count). The van der Waals surface area contributed by atoms with Gasteiger partial charge >= 0.3 is 5.97 Å². The molecule has 2 aromatic rings. The van der Waals surface area contributed by atoms with Gasteiger partial charge in [0.2, 0.25) is 5.90 Å². The second-order valence-corrected chi connectivity index (χ2v) is 5.94. The molecule has 0 saturated carbocycles. The van der Waals surface area contributed by atoms with Crippen LogP contribution in [0.4, 0.5) is 0 Å². The van der Waals surface area contributed by atoms with Gasteiger partial charge in [0, 0.05) is 12.5 Å². The smallest absolute Gasteiger partial charge is 0.363 e. The van der Waals surface area contributed by atoms with Crippen LogP contribution in [0.3, 0.4) is 0 Å². The van der Waals surface area contributed by atoms with E-state index in [2.05, 4.69) is 4.99 Å². The number of methoxy groups -OCH3 is 4. The van der Waals surface area contributed by atoms with Gasteiger partial charge in [0.1, 0.15) is 11.5 Å². The zero-order valence-electron chi connectivity index (χ0n) is 16.1. The molecule has 0 radical (unpaired) electrons. The van der Waals surface area contributed by atoms with Crippen molar-refractivity contribution in [2.24, 2.45) is 4.99 Å². The van der Waals surface area contributed by atoms with E-state index in [-0.39, 0.29) is 5.70 Å². The summed E-state index contributed by atoms with van der Waals surface area (Å²) in [5.74, 6) is 2.28. The monoisotopic (exact) mass is 383 g/mol. The van der Waals surface area contributed by atoms with Crippen molar-refractivity contribution in [1.82, 2.24) is 0 Å². The fourth-order valence-electron chi connectivity index (χ4n) is 2.76. The molecule has 0 atom stereocenters. The normalized spacial score (nSPS) is 14.5. The number of carbonyl (C=O) groups excluding carboxylic acids is 1. The van der Waals surface area contributed by atoms with Gasteiger partial charge in [-0.2, -0.15) is 0 Å². The van der Waals surface area contributed by atoms with Crippen molar-refractivity contribution in [2.75, 3.05) is 28.4 Å². The van der Waals surface area contributed by atoms with Crippen molar-refractivity contribution in [3.05, 3.63) is 53.2 Å². The van der Waals surface area contributed by atoms with Crippen LogP contribution < -0.4 is 18.9 Å². The summed E-state index contributed by atoms with van der Waals surface area (Å²) in [6, 6.07) is 10.8. The Morgan fingerprint density at radius 1 is 0.893 bits per heavy atom. The first-order valence-corrected chi connectivity index (χ1v) is 8.51. The van der Waals surface area contributed by atoms with Gasteiger partial charge in [0.05, 0.1) is 28.4 Å². The van der Waals surface area contributed by atoms with Gasteiger partial charge in [-0.25, -0.2) is 9.79 Å². The van der Waals surface area contributed by atoms with Crippen LogP contribution in [0.5, 0.6) is 23.0 Å². The van der Waals surface area contributed by atoms with Gasteiger partial charge in [0.15, 0.2) is 17.2 Å². The van der Waals surface area contributed by atoms with Crippen molar-refractivity contribution in [3.63, 3.8) is 0 Å². The number of esters is 1. The standard InChI is InChI=1S/C21H21NO6/c1-24-15-7-14(8-16(12-15)25-2)9-17-21(23)28-20(22-17)11-13-5-6-18(26-3)19(10-13)27-4/h5-10,12H,11H2,1-4H3/b17-9+. The van der Waals surface area contributed by atoms with Crippen molar-refractivity contribution < 1.29 is 28.5 Å². The Kier molecular flexibility index (Phi) is 5.84. The first kappa shape index (κ1) is 19.3. The molecule has 0 saturated heterocycles. The third-order valence-corrected chi connectivity index (χ3v) is 4.15. The molecule has 1 heterocycles. The fraction of sp³-hybridized carbons (Fsp3) is 0.238. The van der Waals surface area contributed by atoms with E-state index in [1.54, 1.807) is 58.8 Å². The maximum absolute atomic E-state index is 12.2. The SMILES string of the molecule is COc1cc(/C=C2/N=C(Cc3ccc(OC)c(OC)c3)OC2=O)cc(OC)c1. The molecule has 7 nitrogen and oxygen atoms in total. The maximum Gasteiger partial charge on any atom is 0.363 e. The average molecular weight is 383 g/mol. The molecule has 0 aliphatic carbocycles. The highest BCUT2D eigenvalue weighted by Crippen LogP contribution is 2.29. The topological polar surface area (TPSA) is 75.6 Å². The molecule has 0 amide bonds. The lowest BCUT2D eigenvalue weighted by Gasteiger charge is -2.09. The van der Waals surface area contributed by atoms with Gasteiger partial charge in [-0.1, -0.05) is 6.07 Å². The molecule has 0 N–H and O–H groups in total. The van der Waals surface area contributed by atoms with Crippen LogP contribution in [0.25, 0.3) is 6.08 Å². The van der Waals surface area contributed by atoms with Crippen LogP contribution in [0.1, 0.15) is 11.1 Å². The highest BCUT2D eigenvalue weighted by Gasteiger charge is 2.23. The minimum atomic E-state index is -0.503. The summed E-state index contributed by atoms with van der Waals surface area (Å²) in [6.45, 7) is 0. The molecule has 28 heavy (non-hydrogen) atoms. The number of cyclic esters (lactones) is 1. The summed E-state index contributed by atoms with van der Waals surface area (Å²) in [5, 5.41) is 0. The van der Waals surface area contributed by atoms with Crippen molar-refractivity contribution in [2.45, 2.75) is 6.42 Å². The molecule has 2 aromatic carbocycles. The third-order valence-electron chi connectivity index (χ3n) is 4.15. The molecule has 7 heteroatoms. The van der Waals surface area contributed by atoms with Crippen molar-refractivity contribution in [1.29, 1.82) is 0 Å². The van der Waals surface area contributed by atoms with E-state index >= 15 is 0 Å². The fourth-order valence-corrected chi connectivity index (χ4v) is 2.76. The molecule has 1 aliphatic rings. The summed E-state index contributed by atoms with van der Waals surface area (Å²) in [5.41, 5.74) is 1.82. The first-order valence-electron chi connectivity index (χ1n) is 8.51. The number of benzene rings is 2. The number of hydrogen-bond acceptors (Lipinski definition) is 7. The van der Waals surface area contributed by atoms with Gasteiger partial charge in [0.25, 0.3) is 0 Å².